The molecule has 0 aliphatic carbocycles. The quantitative estimate of drug-likeness (QED) is 0.916. The zero-order chi connectivity index (χ0) is 16.3. The molecule has 7 heteroatoms. The fourth-order valence-corrected chi connectivity index (χ4v) is 4.83. The van der Waals surface area contributed by atoms with Gasteiger partial charge in [-0.05, 0) is 42.8 Å². The maximum absolute atomic E-state index is 12.2. The van der Waals surface area contributed by atoms with Gasteiger partial charge < -0.3 is 5.32 Å². The number of amides is 1. The lowest BCUT2D eigenvalue weighted by atomic mass is 10.2. The summed E-state index contributed by atoms with van der Waals surface area (Å²) in [6.07, 6.45) is 2.22. The first-order valence-corrected chi connectivity index (χ1v) is 9.86. The molecule has 120 valence electrons. The SMILES string of the molecule is O=C(N[C@@H]1CCS(=O)(=O)C1)c1ccc(Sc2ccccn2)cc1. The number of sulfone groups is 1. The second kappa shape index (κ2) is 6.72. The lowest BCUT2D eigenvalue weighted by molar-refractivity contribution is 0.0941. The molecular formula is C16H16N2O3S2. The first-order valence-electron chi connectivity index (χ1n) is 7.22. The predicted molar refractivity (Wildman–Crippen MR) is 89.3 cm³/mol. The molecule has 1 aromatic carbocycles. The zero-order valence-electron chi connectivity index (χ0n) is 12.3. The van der Waals surface area contributed by atoms with Crippen molar-refractivity contribution in [3.05, 3.63) is 54.2 Å². The van der Waals surface area contributed by atoms with Gasteiger partial charge in [0.2, 0.25) is 0 Å². The van der Waals surface area contributed by atoms with E-state index in [0.29, 0.717) is 12.0 Å². The lowest BCUT2D eigenvalue weighted by Gasteiger charge is -2.11. The molecule has 0 bridgehead atoms. The molecule has 1 amide bonds. The Morgan fingerprint density at radius 1 is 1.17 bits per heavy atom. The minimum atomic E-state index is -2.99. The van der Waals surface area contributed by atoms with E-state index < -0.39 is 9.84 Å². The number of nitrogens with zero attached hydrogens (tertiary/aromatic N) is 1. The van der Waals surface area contributed by atoms with Gasteiger partial charge in [-0.15, -0.1) is 0 Å². The Kier molecular flexibility index (Phi) is 4.68. The number of carbonyl (C=O) groups is 1. The third-order valence-electron chi connectivity index (χ3n) is 3.54. The van der Waals surface area contributed by atoms with Gasteiger partial charge >= 0.3 is 0 Å². The summed E-state index contributed by atoms with van der Waals surface area (Å²) in [5, 5.41) is 3.67. The van der Waals surface area contributed by atoms with Crippen molar-refractivity contribution in [2.24, 2.45) is 0 Å². The van der Waals surface area contributed by atoms with E-state index in [9.17, 15) is 13.2 Å². The normalized spacial score (nSPS) is 19.4. The number of rotatable bonds is 4. The molecule has 1 aliphatic rings. The van der Waals surface area contributed by atoms with Crippen LogP contribution in [0.2, 0.25) is 0 Å². The lowest BCUT2D eigenvalue weighted by Crippen LogP contribution is -2.35. The molecule has 2 heterocycles. The Morgan fingerprint density at radius 2 is 1.96 bits per heavy atom. The minimum absolute atomic E-state index is 0.0341. The predicted octanol–water partition coefficient (Wildman–Crippen LogP) is 2.15. The Morgan fingerprint density at radius 3 is 2.57 bits per heavy atom. The smallest absolute Gasteiger partial charge is 0.251 e. The van der Waals surface area contributed by atoms with Gasteiger partial charge in [-0.2, -0.15) is 0 Å². The van der Waals surface area contributed by atoms with E-state index in [0.717, 1.165) is 9.92 Å². The Bertz CT molecular complexity index is 790. The Balaban J connectivity index is 1.62. The van der Waals surface area contributed by atoms with Crippen LogP contribution in [0.5, 0.6) is 0 Å². The van der Waals surface area contributed by atoms with E-state index in [4.69, 9.17) is 0 Å². The van der Waals surface area contributed by atoms with Gasteiger partial charge in [0.1, 0.15) is 5.03 Å². The highest BCUT2D eigenvalue weighted by Crippen LogP contribution is 2.25. The first-order chi connectivity index (χ1) is 11.0. The molecule has 1 saturated heterocycles. The molecule has 0 unspecified atom stereocenters. The average Bonchev–Trinajstić information content (AvgIpc) is 2.88. The number of benzene rings is 1. The average molecular weight is 348 g/mol. The molecule has 1 fully saturated rings. The van der Waals surface area contributed by atoms with Gasteiger partial charge in [-0.1, -0.05) is 17.8 Å². The zero-order valence-corrected chi connectivity index (χ0v) is 13.9. The van der Waals surface area contributed by atoms with E-state index in [-0.39, 0.29) is 23.5 Å². The molecule has 0 saturated carbocycles. The van der Waals surface area contributed by atoms with Gasteiger partial charge in [0.05, 0.1) is 11.5 Å². The number of nitrogens with one attached hydrogen (secondary N) is 1. The van der Waals surface area contributed by atoms with Crippen molar-refractivity contribution < 1.29 is 13.2 Å². The second-order valence-corrected chi connectivity index (χ2v) is 8.69. The summed E-state index contributed by atoms with van der Waals surface area (Å²) in [6, 6.07) is 12.6. The van der Waals surface area contributed by atoms with Crippen LogP contribution in [0.1, 0.15) is 16.8 Å². The number of aromatic nitrogens is 1. The van der Waals surface area contributed by atoms with Crippen molar-refractivity contribution >= 4 is 27.5 Å². The molecule has 1 aliphatic heterocycles. The fourth-order valence-electron chi connectivity index (χ4n) is 2.38. The fraction of sp³-hybridized carbons (Fsp3) is 0.250. The van der Waals surface area contributed by atoms with Crippen LogP contribution in [0.4, 0.5) is 0 Å². The number of hydrogen-bond acceptors (Lipinski definition) is 5. The molecule has 3 rings (SSSR count). The topological polar surface area (TPSA) is 76.1 Å². The first kappa shape index (κ1) is 16.0. The minimum Gasteiger partial charge on any atom is -0.348 e. The molecule has 5 nitrogen and oxygen atoms in total. The molecular weight excluding hydrogens is 332 g/mol. The van der Waals surface area contributed by atoms with Crippen molar-refractivity contribution in [1.29, 1.82) is 0 Å². The van der Waals surface area contributed by atoms with Crippen LogP contribution in [-0.4, -0.2) is 36.9 Å². The molecule has 0 spiro atoms. The maximum Gasteiger partial charge on any atom is 0.251 e. The van der Waals surface area contributed by atoms with Crippen molar-refractivity contribution in [3.63, 3.8) is 0 Å². The van der Waals surface area contributed by atoms with E-state index >= 15 is 0 Å². The number of carbonyl (C=O) groups excluding carboxylic acids is 1. The van der Waals surface area contributed by atoms with Crippen LogP contribution < -0.4 is 5.32 Å². The van der Waals surface area contributed by atoms with Crippen LogP contribution in [0.3, 0.4) is 0 Å². The molecule has 0 radical (unpaired) electrons. The number of hydrogen-bond donors (Lipinski definition) is 1. The van der Waals surface area contributed by atoms with Crippen molar-refractivity contribution in [3.8, 4) is 0 Å². The highest BCUT2D eigenvalue weighted by Gasteiger charge is 2.29. The highest BCUT2D eigenvalue weighted by atomic mass is 32.2. The summed E-state index contributed by atoms with van der Waals surface area (Å²) in [4.78, 5) is 17.4. The molecule has 1 aromatic heterocycles. The Labute approximate surface area is 139 Å². The van der Waals surface area contributed by atoms with Crippen molar-refractivity contribution in [1.82, 2.24) is 10.3 Å². The van der Waals surface area contributed by atoms with Crippen LogP contribution in [0.25, 0.3) is 0 Å². The van der Waals surface area contributed by atoms with E-state index in [1.165, 1.54) is 11.8 Å². The van der Waals surface area contributed by atoms with Gasteiger partial charge in [0.15, 0.2) is 9.84 Å². The standard InChI is InChI=1S/C16H16N2O3S2/c19-16(18-13-8-10-23(20,21)11-13)12-4-6-14(7-5-12)22-15-3-1-2-9-17-15/h1-7,9,13H,8,10-11H2,(H,18,19)/t13-/m1/s1. The monoisotopic (exact) mass is 348 g/mol. The Hall–Kier alpha value is -1.86. The summed E-state index contributed by atoms with van der Waals surface area (Å²) in [7, 11) is -2.99. The van der Waals surface area contributed by atoms with Gasteiger partial charge in [0.25, 0.3) is 5.91 Å². The van der Waals surface area contributed by atoms with E-state index in [2.05, 4.69) is 10.3 Å². The summed E-state index contributed by atoms with van der Waals surface area (Å²) in [5.41, 5.74) is 0.527. The second-order valence-electron chi connectivity index (χ2n) is 5.37. The summed E-state index contributed by atoms with van der Waals surface area (Å²) in [5.74, 6) is -0.0503. The molecule has 1 atom stereocenters. The van der Waals surface area contributed by atoms with Crippen LogP contribution >= 0.6 is 11.8 Å². The van der Waals surface area contributed by atoms with E-state index in [1.807, 2.05) is 30.3 Å². The molecule has 23 heavy (non-hydrogen) atoms. The highest BCUT2D eigenvalue weighted by molar-refractivity contribution is 7.99. The number of pyridine rings is 1. The van der Waals surface area contributed by atoms with Crippen molar-refractivity contribution in [2.75, 3.05) is 11.5 Å². The van der Waals surface area contributed by atoms with Gasteiger partial charge in [-0.25, -0.2) is 13.4 Å². The molecule has 2 aromatic rings. The van der Waals surface area contributed by atoms with E-state index in [1.54, 1.807) is 18.3 Å². The third kappa shape index (κ3) is 4.33. The van der Waals surface area contributed by atoms with Crippen molar-refractivity contribution in [2.45, 2.75) is 22.4 Å². The maximum atomic E-state index is 12.2. The van der Waals surface area contributed by atoms with Crippen LogP contribution in [0, 0.1) is 0 Å². The summed E-state index contributed by atoms with van der Waals surface area (Å²) < 4.78 is 22.8. The largest absolute Gasteiger partial charge is 0.348 e. The summed E-state index contributed by atoms with van der Waals surface area (Å²) >= 11 is 1.52. The van der Waals surface area contributed by atoms with Gasteiger partial charge in [0, 0.05) is 22.7 Å². The molecule has 1 N–H and O–H groups in total. The van der Waals surface area contributed by atoms with Crippen LogP contribution in [-0.2, 0) is 9.84 Å². The van der Waals surface area contributed by atoms with Crippen LogP contribution in [0.15, 0.2) is 58.6 Å². The third-order valence-corrected chi connectivity index (χ3v) is 6.27. The summed E-state index contributed by atoms with van der Waals surface area (Å²) in [6.45, 7) is 0. The van der Waals surface area contributed by atoms with Gasteiger partial charge in [-0.3, -0.25) is 4.79 Å².